The van der Waals surface area contributed by atoms with Crippen molar-refractivity contribution < 1.29 is 32.6 Å². The van der Waals surface area contributed by atoms with Crippen LogP contribution in [-0.2, 0) is 4.79 Å². The van der Waals surface area contributed by atoms with Gasteiger partial charge >= 0.3 is 6.36 Å². The number of hydrogen-bond acceptors (Lipinski definition) is 4. The lowest BCUT2D eigenvalue weighted by molar-refractivity contribution is -0.274. The fourth-order valence-corrected chi connectivity index (χ4v) is 2.44. The average Bonchev–Trinajstić information content (AvgIpc) is 2.45. The first-order valence-electron chi connectivity index (χ1n) is 6.79. The van der Waals surface area contributed by atoms with Crippen LogP contribution in [0.4, 0.5) is 13.2 Å². The molecule has 23 heavy (non-hydrogen) atoms. The van der Waals surface area contributed by atoms with Crippen molar-refractivity contribution in [3.05, 3.63) is 29.8 Å². The van der Waals surface area contributed by atoms with Crippen LogP contribution in [0.3, 0.4) is 0 Å². The van der Waals surface area contributed by atoms with Gasteiger partial charge in [-0.05, 0) is 25.0 Å². The first kappa shape index (κ1) is 17.1. The van der Waals surface area contributed by atoms with Gasteiger partial charge < -0.3 is 20.5 Å². The van der Waals surface area contributed by atoms with Crippen molar-refractivity contribution in [3.63, 3.8) is 0 Å². The molecule has 1 fully saturated rings. The van der Waals surface area contributed by atoms with Crippen LogP contribution in [0.25, 0.3) is 0 Å². The number of aliphatic hydroxyl groups is 1. The monoisotopic (exact) mass is 332 g/mol. The molecule has 0 aromatic heterocycles. The second-order valence-corrected chi connectivity index (χ2v) is 5.27. The quantitative estimate of drug-likeness (QED) is 0.865. The molecule has 1 aliphatic rings. The molecule has 0 aliphatic carbocycles. The third-order valence-corrected chi connectivity index (χ3v) is 3.56. The van der Waals surface area contributed by atoms with E-state index in [1.807, 2.05) is 0 Å². The zero-order valence-electron chi connectivity index (χ0n) is 12.0. The number of rotatable bonds is 3. The van der Waals surface area contributed by atoms with E-state index in [0.717, 1.165) is 11.0 Å². The number of likely N-dealkylation sites (tertiary alicyclic amines) is 1. The molecule has 0 bridgehead atoms. The minimum atomic E-state index is -4.94. The summed E-state index contributed by atoms with van der Waals surface area (Å²) in [5.74, 6) is -2.39. The number of hydrogen-bond donors (Lipinski definition) is 2. The van der Waals surface area contributed by atoms with Gasteiger partial charge in [-0.25, -0.2) is 0 Å². The van der Waals surface area contributed by atoms with Gasteiger partial charge in [-0.15, -0.1) is 13.2 Å². The van der Waals surface area contributed by atoms with Gasteiger partial charge in [0.05, 0.1) is 12.1 Å². The van der Waals surface area contributed by atoms with E-state index < -0.39 is 29.5 Å². The number of halogens is 3. The molecule has 6 nitrogen and oxygen atoms in total. The van der Waals surface area contributed by atoms with Crippen LogP contribution in [0.5, 0.6) is 5.75 Å². The lowest BCUT2D eigenvalue weighted by Crippen LogP contribution is -2.57. The Balaban J connectivity index is 2.25. The normalized spacial score (nSPS) is 21.8. The lowest BCUT2D eigenvalue weighted by atomic mass is 9.91. The predicted octanol–water partition coefficient (Wildman–Crippen LogP) is 1.04. The summed E-state index contributed by atoms with van der Waals surface area (Å²) in [7, 11) is 0. The molecule has 1 saturated heterocycles. The third kappa shape index (κ3) is 3.92. The molecule has 2 amide bonds. The zero-order chi connectivity index (χ0) is 17.3. The van der Waals surface area contributed by atoms with Crippen LogP contribution in [0.2, 0.25) is 0 Å². The van der Waals surface area contributed by atoms with Gasteiger partial charge in [0.2, 0.25) is 0 Å². The number of benzene rings is 1. The molecule has 3 N–H and O–H groups in total. The Hall–Kier alpha value is -2.29. The molecule has 1 aromatic rings. The average molecular weight is 332 g/mol. The van der Waals surface area contributed by atoms with Gasteiger partial charge in [-0.1, -0.05) is 12.1 Å². The molecule has 1 atom stereocenters. The Labute approximate surface area is 129 Å². The van der Waals surface area contributed by atoms with Gasteiger partial charge in [0, 0.05) is 6.54 Å². The van der Waals surface area contributed by atoms with E-state index in [-0.39, 0.29) is 25.1 Å². The Bertz CT molecular complexity index is 620. The lowest BCUT2D eigenvalue weighted by Gasteiger charge is -2.37. The molecule has 2 rings (SSSR count). The molecule has 1 heterocycles. The highest BCUT2D eigenvalue weighted by Crippen LogP contribution is 2.29. The number of primary amides is 1. The van der Waals surface area contributed by atoms with Crippen LogP contribution in [-0.4, -0.2) is 46.9 Å². The second-order valence-electron chi connectivity index (χ2n) is 5.27. The number of alkyl halides is 3. The van der Waals surface area contributed by atoms with Crippen LogP contribution in [0.15, 0.2) is 24.3 Å². The van der Waals surface area contributed by atoms with E-state index in [4.69, 9.17) is 5.73 Å². The molecule has 0 saturated carbocycles. The van der Waals surface area contributed by atoms with E-state index >= 15 is 0 Å². The molecule has 1 aromatic carbocycles. The SMILES string of the molecule is NC(=O)[C@]1(O)CCCN(C(=O)c2ccccc2OC(F)(F)F)C1. The molecular weight excluding hydrogens is 317 g/mol. The van der Waals surface area contributed by atoms with E-state index in [9.17, 15) is 27.9 Å². The maximum atomic E-state index is 12.4. The topological polar surface area (TPSA) is 92.9 Å². The molecule has 0 spiro atoms. The largest absolute Gasteiger partial charge is 0.573 e. The number of piperidine rings is 1. The fraction of sp³-hybridized carbons (Fsp3) is 0.429. The summed E-state index contributed by atoms with van der Waals surface area (Å²) in [4.78, 5) is 24.8. The van der Waals surface area contributed by atoms with Gasteiger partial charge in [-0.3, -0.25) is 9.59 Å². The first-order chi connectivity index (χ1) is 10.6. The number of ether oxygens (including phenoxy) is 1. The van der Waals surface area contributed by atoms with Crippen LogP contribution in [0.1, 0.15) is 23.2 Å². The van der Waals surface area contributed by atoms with E-state index in [1.165, 1.54) is 18.2 Å². The number of carbonyl (C=O) groups excluding carboxylic acids is 2. The van der Waals surface area contributed by atoms with E-state index in [0.29, 0.717) is 6.42 Å². The van der Waals surface area contributed by atoms with Crippen LogP contribution in [0, 0.1) is 0 Å². The number of β-amino-alcohol motifs (C(OH)–C–C–N with tert-alkyl or cyclic N) is 1. The van der Waals surface area contributed by atoms with Gasteiger partial charge in [0.15, 0.2) is 5.60 Å². The number of amides is 2. The van der Waals surface area contributed by atoms with Gasteiger partial charge in [0.25, 0.3) is 11.8 Å². The highest BCUT2D eigenvalue weighted by Gasteiger charge is 2.41. The van der Waals surface area contributed by atoms with Crippen molar-refractivity contribution >= 4 is 11.8 Å². The third-order valence-electron chi connectivity index (χ3n) is 3.56. The van der Waals surface area contributed by atoms with Crippen molar-refractivity contribution in [2.75, 3.05) is 13.1 Å². The second kappa shape index (κ2) is 6.07. The zero-order valence-corrected chi connectivity index (χ0v) is 12.0. The Morgan fingerprint density at radius 2 is 1.96 bits per heavy atom. The van der Waals surface area contributed by atoms with Crippen LogP contribution >= 0.6 is 0 Å². The standard InChI is InChI=1S/C14H15F3N2O4/c15-14(16,17)23-10-5-2-1-4-9(10)11(20)19-7-3-6-13(22,8-19)12(18)21/h1-2,4-5,22H,3,6-8H2,(H2,18,21)/t13-/m0/s1. The van der Waals surface area contributed by atoms with Crippen molar-refractivity contribution in [1.82, 2.24) is 4.90 Å². The highest BCUT2D eigenvalue weighted by atomic mass is 19.4. The summed E-state index contributed by atoms with van der Waals surface area (Å²) in [6.07, 6.45) is -4.55. The summed E-state index contributed by atoms with van der Waals surface area (Å²) in [5, 5.41) is 10.1. The fourth-order valence-electron chi connectivity index (χ4n) is 2.44. The number of nitrogens with zero attached hydrogens (tertiary/aromatic N) is 1. The Kier molecular flexibility index (Phi) is 4.51. The highest BCUT2D eigenvalue weighted by molar-refractivity contribution is 5.97. The van der Waals surface area contributed by atoms with Crippen molar-refractivity contribution in [2.45, 2.75) is 24.8 Å². The molecule has 126 valence electrons. The number of nitrogens with two attached hydrogens (primary N) is 1. The van der Waals surface area contributed by atoms with Crippen molar-refractivity contribution in [2.24, 2.45) is 5.73 Å². The maximum Gasteiger partial charge on any atom is 0.573 e. The van der Waals surface area contributed by atoms with Crippen molar-refractivity contribution in [3.8, 4) is 5.75 Å². The smallest absolute Gasteiger partial charge is 0.405 e. The predicted molar refractivity (Wildman–Crippen MR) is 72.4 cm³/mol. The Morgan fingerprint density at radius 1 is 1.30 bits per heavy atom. The molecule has 1 aliphatic heterocycles. The van der Waals surface area contributed by atoms with Gasteiger partial charge in [-0.2, -0.15) is 0 Å². The molecule has 9 heteroatoms. The summed E-state index contributed by atoms with van der Waals surface area (Å²) >= 11 is 0. The van der Waals surface area contributed by atoms with Gasteiger partial charge in [0.1, 0.15) is 5.75 Å². The molecular formula is C14H15F3N2O4. The van der Waals surface area contributed by atoms with Crippen molar-refractivity contribution in [1.29, 1.82) is 0 Å². The van der Waals surface area contributed by atoms with E-state index in [2.05, 4.69) is 4.74 Å². The summed E-state index contributed by atoms with van der Waals surface area (Å²) in [6, 6.07) is 4.89. The minimum absolute atomic E-state index is 0.0901. The first-order valence-corrected chi connectivity index (χ1v) is 6.79. The minimum Gasteiger partial charge on any atom is -0.405 e. The Morgan fingerprint density at radius 3 is 2.57 bits per heavy atom. The van der Waals surface area contributed by atoms with Crippen LogP contribution < -0.4 is 10.5 Å². The number of carbonyl (C=O) groups is 2. The molecule has 0 unspecified atom stereocenters. The number of para-hydroxylation sites is 1. The van der Waals surface area contributed by atoms with E-state index in [1.54, 1.807) is 0 Å². The summed E-state index contributed by atoms with van der Waals surface area (Å²) in [6.45, 7) is -0.184. The molecule has 0 radical (unpaired) electrons. The maximum absolute atomic E-state index is 12.4. The summed E-state index contributed by atoms with van der Waals surface area (Å²) < 4.78 is 41.1. The summed E-state index contributed by atoms with van der Waals surface area (Å²) in [5.41, 5.74) is 2.93.